The van der Waals surface area contributed by atoms with Gasteiger partial charge in [-0.2, -0.15) is 0 Å². The lowest BCUT2D eigenvalue weighted by atomic mass is 9.86. The van der Waals surface area contributed by atoms with Crippen molar-refractivity contribution in [1.82, 2.24) is 5.32 Å². The predicted molar refractivity (Wildman–Crippen MR) is 100 cm³/mol. The van der Waals surface area contributed by atoms with E-state index in [4.69, 9.17) is 9.47 Å². The average Bonchev–Trinajstić information content (AvgIpc) is 2.59. The Bertz CT molecular complexity index is 702. The molecule has 0 spiro atoms. The van der Waals surface area contributed by atoms with Gasteiger partial charge in [-0.1, -0.05) is 51.1 Å². The highest BCUT2D eigenvalue weighted by Crippen LogP contribution is 2.30. The third kappa shape index (κ3) is 5.24. The van der Waals surface area contributed by atoms with Crippen LogP contribution in [0.3, 0.4) is 0 Å². The lowest BCUT2D eigenvalue weighted by molar-refractivity contribution is -0.123. The van der Waals surface area contributed by atoms with Gasteiger partial charge in [0.15, 0.2) is 6.61 Å². The summed E-state index contributed by atoms with van der Waals surface area (Å²) in [5.74, 6) is 1.40. The highest BCUT2D eigenvalue weighted by molar-refractivity contribution is 5.78. The van der Waals surface area contributed by atoms with E-state index in [-0.39, 0.29) is 24.0 Å². The Kier molecular flexibility index (Phi) is 6.07. The topological polar surface area (TPSA) is 47.6 Å². The van der Waals surface area contributed by atoms with Gasteiger partial charge in [0.2, 0.25) is 0 Å². The van der Waals surface area contributed by atoms with Crippen molar-refractivity contribution >= 4 is 5.91 Å². The summed E-state index contributed by atoms with van der Waals surface area (Å²) in [7, 11) is 1.63. The van der Waals surface area contributed by atoms with Crippen LogP contribution in [0.1, 0.15) is 44.9 Å². The van der Waals surface area contributed by atoms with Crippen LogP contribution in [0.15, 0.2) is 48.5 Å². The van der Waals surface area contributed by atoms with E-state index < -0.39 is 0 Å². The maximum absolute atomic E-state index is 12.2. The third-order valence-corrected chi connectivity index (χ3v) is 4.05. The summed E-state index contributed by atoms with van der Waals surface area (Å²) in [5.41, 5.74) is 2.07. The fourth-order valence-electron chi connectivity index (χ4n) is 2.61. The minimum atomic E-state index is -0.146. The molecule has 2 rings (SSSR count). The molecule has 0 aromatic heterocycles. The highest BCUT2D eigenvalue weighted by atomic mass is 16.5. The molecule has 2 aromatic rings. The Labute approximate surface area is 150 Å². The first kappa shape index (κ1) is 18.8. The van der Waals surface area contributed by atoms with Crippen molar-refractivity contribution in [3.05, 3.63) is 59.7 Å². The molecule has 0 saturated heterocycles. The van der Waals surface area contributed by atoms with Crippen LogP contribution in [-0.2, 0) is 10.2 Å². The molecule has 0 unspecified atom stereocenters. The molecule has 25 heavy (non-hydrogen) atoms. The number of benzene rings is 2. The quantitative estimate of drug-likeness (QED) is 0.854. The molecule has 1 amide bonds. The number of hydrogen-bond acceptors (Lipinski definition) is 3. The lowest BCUT2D eigenvalue weighted by Gasteiger charge is -2.23. The number of methoxy groups -OCH3 is 1. The van der Waals surface area contributed by atoms with Crippen molar-refractivity contribution < 1.29 is 14.3 Å². The zero-order valence-corrected chi connectivity index (χ0v) is 15.6. The number of amides is 1. The molecular formula is C21H27NO3. The fraction of sp³-hybridized carbons (Fsp3) is 0.381. The van der Waals surface area contributed by atoms with Gasteiger partial charge in [-0.05, 0) is 41.7 Å². The van der Waals surface area contributed by atoms with E-state index in [1.807, 2.05) is 55.5 Å². The first-order valence-corrected chi connectivity index (χ1v) is 8.47. The largest absolute Gasteiger partial charge is 0.497 e. The van der Waals surface area contributed by atoms with Crippen LogP contribution >= 0.6 is 0 Å². The van der Waals surface area contributed by atoms with Crippen molar-refractivity contribution in [2.75, 3.05) is 13.7 Å². The van der Waals surface area contributed by atoms with Gasteiger partial charge in [-0.25, -0.2) is 0 Å². The molecule has 0 aliphatic heterocycles. The van der Waals surface area contributed by atoms with Crippen molar-refractivity contribution in [2.45, 2.75) is 39.2 Å². The summed E-state index contributed by atoms with van der Waals surface area (Å²) in [6.07, 6.45) is 0. The van der Waals surface area contributed by atoms with Crippen LogP contribution in [0.4, 0.5) is 0 Å². The summed E-state index contributed by atoms with van der Waals surface area (Å²) >= 11 is 0. The Morgan fingerprint density at radius 3 is 2.32 bits per heavy atom. The normalized spacial score (nSPS) is 12.4. The lowest BCUT2D eigenvalue weighted by Crippen LogP contribution is -2.31. The number of para-hydroxylation sites is 1. The molecule has 0 heterocycles. The number of ether oxygens (including phenoxy) is 2. The molecule has 0 radical (unpaired) electrons. The van der Waals surface area contributed by atoms with Gasteiger partial charge in [-0.3, -0.25) is 4.79 Å². The van der Waals surface area contributed by atoms with Crippen LogP contribution in [0.2, 0.25) is 0 Å². The maximum Gasteiger partial charge on any atom is 0.258 e. The molecule has 2 aromatic carbocycles. The van der Waals surface area contributed by atoms with Gasteiger partial charge in [-0.15, -0.1) is 0 Å². The Balaban J connectivity index is 1.94. The van der Waals surface area contributed by atoms with Gasteiger partial charge in [0, 0.05) is 0 Å². The van der Waals surface area contributed by atoms with E-state index in [1.165, 1.54) is 0 Å². The van der Waals surface area contributed by atoms with E-state index in [9.17, 15) is 4.79 Å². The molecule has 1 N–H and O–H groups in total. The Morgan fingerprint density at radius 2 is 1.72 bits per heavy atom. The number of nitrogens with one attached hydrogen (secondary N) is 1. The van der Waals surface area contributed by atoms with Crippen LogP contribution < -0.4 is 14.8 Å². The van der Waals surface area contributed by atoms with Crippen LogP contribution in [0.5, 0.6) is 11.5 Å². The third-order valence-electron chi connectivity index (χ3n) is 4.05. The van der Waals surface area contributed by atoms with Gasteiger partial charge in [0.05, 0.1) is 13.2 Å². The number of carbonyl (C=O) groups is 1. The molecule has 4 nitrogen and oxygen atoms in total. The number of carbonyl (C=O) groups excluding carboxylic acids is 1. The molecule has 0 saturated carbocycles. The van der Waals surface area contributed by atoms with Crippen LogP contribution in [-0.4, -0.2) is 19.6 Å². The van der Waals surface area contributed by atoms with Gasteiger partial charge >= 0.3 is 0 Å². The predicted octanol–water partition coefficient (Wildman–Crippen LogP) is 4.25. The molecule has 1 atom stereocenters. The van der Waals surface area contributed by atoms with E-state index in [1.54, 1.807) is 7.11 Å². The second kappa shape index (κ2) is 8.06. The first-order chi connectivity index (χ1) is 11.8. The highest BCUT2D eigenvalue weighted by Gasteiger charge is 2.19. The summed E-state index contributed by atoms with van der Waals surface area (Å²) in [6, 6.07) is 15.4. The van der Waals surface area contributed by atoms with Gasteiger partial charge in [0.25, 0.3) is 5.91 Å². The van der Waals surface area contributed by atoms with E-state index in [0.717, 1.165) is 22.6 Å². The summed E-state index contributed by atoms with van der Waals surface area (Å²) in [4.78, 5) is 12.2. The zero-order chi connectivity index (χ0) is 18.4. The van der Waals surface area contributed by atoms with E-state index in [0.29, 0.717) is 0 Å². The van der Waals surface area contributed by atoms with Crippen molar-refractivity contribution in [2.24, 2.45) is 0 Å². The maximum atomic E-state index is 12.2. The van der Waals surface area contributed by atoms with Crippen molar-refractivity contribution in [1.29, 1.82) is 0 Å². The van der Waals surface area contributed by atoms with Crippen LogP contribution in [0.25, 0.3) is 0 Å². The van der Waals surface area contributed by atoms with Gasteiger partial charge in [0.1, 0.15) is 11.5 Å². The average molecular weight is 341 g/mol. The van der Waals surface area contributed by atoms with E-state index in [2.05, 4.69) is 26.1 Å². The van der Waals surface area contributed by atoms with E-state index >= 15 is 0 Å². The second-order valence-corrected chi connectivity index (χ2v) is 7.10. The molecule has 0 bridgehead atoms. The Hall–Kier alpha value is -2.49. The first-order valence-electron chi connectivity index (χ1n) is 8.47. The SMILES string of the molecule is COc1ccc([C@H](C)NC(=O)COc2ccccc2C(C)(C)C)cc1. The van der Waals surface area contributed by atoms with Crippen LogP contribution in [0, 0.1) is 0 Å². The fourth-order valence-corrected chi connectivity index (χ4v) is 2.61. The molecular weight excluding hydrogens is 314 g/mol. The number of hydrogen-bond donors (Lipinski definition) is 1. The monoisotopic (exact) mass is 341 g/mol. The zero-order valence-electron chi connectivity index (χ0n) is 15.6. The molecule has 0 aliphatic carbocycles. The summed E-state index contributed by atoms with van der Waals surface area (Å²) < 4.78 is 10.9. The second-order valence-electron chi connectivity index (χ2n) is 7.10. The minimum absolute atomic E-state index is 0.00636. The van der Waals surface area contributed by atoms with Crippen molar-refractivity contribution in [3.63, 3.8) is 0 Å². The standard InChI is InChI=1S/C21H27NO3/c1-15(16-10-12-17(24-5)13-11-16)22-20(23)14-25-19-9-7-6-8-18(19)21(2,3)4/h6-13,15H,14H2,1-5H3,(H,22,23)/t15-/m0/s1. The number of rotatable bonds is 6. The minimum Gasteiger partial charge on any atom is -0.497 e. The molecule has 4 heteroatoms. The smallest absolute Gasteiger partial charge is 0.258 e. The molecule has 0 aliphatic rings. The van der Waals surface area contributed by atoms with Gasteiger partial charge < -0.3 is 14.8 Å². The molecule has 0 fully saturated rings. The summed E-state index contributed by atoms with van der Waals surface area (Å²) in [5, 5.41) is 2.96. The van der Waals surface area contributed by atoms with Crippen molar-refractivity contribution in [3.8, 4) is 11.5 Å². The summed E-state index contributed by atoms with van der Waals surface area (Å²) in [6.45, 7) is 8.32. The Morgan fingerprint density at radius 1 is 1.08 bits per heavy atom. The molecule has 134 valence electrons.